The van der Waals surface area contributed by atoms with Crippen molar-refractivity contribution in [2.75, 3.05) is 11.4 Å². The van der Waals surface area contributed by atoms with Crippen molar-refractivity contribution in [1.29, 1.82) is 0 Å². The average Bonchev–Trinajstić information content (AvgIpc) is 3.33. The summed E-state index contributed by atoms with van der Waals surface area (Å²) in [6, 6.07) is 22.3. The number of anilines is 1. The number of unbranched alkanes of at least 4 members (excludes halogenated alkanes) is 2. The third-order valence-electron chi connectivity index (χ3n) is 7.35. The molecule has 2 heterocycles. The van der Waals surface area contributed by atoms with Crippen molar-refractivity contribution in [2.45, 2.75) is 65.3 Å². The predicted molar refractivity (Wildman–Crippen MR) is 153 cm³/mol. The molecule has 4 aromatic rings. The molecule has 0 atom stereocenters. The highest BCUT2D eigenvalue weighted by molar-refractivity contribution is 7.18. The lowest BCUT2D eigenvalue weighted by atomic mass is 9.81. The molecule has 2 nitrogen and oxygen atoms in total. The zero-order valence-corrected chi connectivity index (χ0v) is 22.4. The quantitative estimate of drug-likeness (QED) is 0.228. The van der Waals surface area contributed by atoms with Gasteiger partial charge in [0.1, 0.15) is 4.70 Å². The first-order valence-electron chi connectivity index (χ1n) is 13.2. The van der Waals surface area contributed by atoms with Gasteiger partial charge in [-0.2, -0.15) is 4.57 Å². The van der Waals surface area contributed by atoms with Gasteiger partial charge in [-0.15, -0.1) is 0 Å². The van der Waals surface area contributed by atoms with Crippen molar-refractivity contribution in [3.05, 3.63) is 89.1 Å². The fourth-order valence-corrected chi connectivity index (χ4v) is 6.64. The standard InChI is InChI=1S/C32H37N2S/c1-5-7-22-33-27-21-20-24-14-9-10-15-25(24)31(27)32(3,4)29(33)18-13-19-30-34(23-8-6-2)26-16-11-12-17-28(26)35-30/h9-21H,5-8,22-23H2,1-4H3/q+1. The Morgan fingerprint density at radius 1 is 0.914 bits per heavy atom. The van der Waals surface area contributed by atoms with E-state index in [1.165, 1.54) is 68.6 Å². The number of hydrogen-bond acceptors (Lipinski definition) is 2. The molecule has 35 heavy (non-hydrogen) atoms. The Labute approximate surface area is 214 Å². The summed E-state index contributed by atoms with van der Waals surface area (Å²) >= 11 is 1.89. The highest BCUT2D eigenvalue weighted by atomic mass is 32.1. The van der Waals surface area contributed by atoms with E-state index in [4.69, 9.17) is 0 Å². The van der Waals surface area contributed by atoms with E-state index in [9.17, 15) is 0 Å². The molecule has 0 saturated carbocycles. The second-order valence-corrected chi connectivity index (χ2v) is 11.2. The minimum atomic E-state index is -0.0490. The van der Waals surface area contributed by atoms with Gasteiger partial charge >= 0.3 is 0 Å². The van der Waals surface area contributed by atoms with Gasteiger partial charge in [0.05, 0.1) is 0 Å². The van der Waals surface area contributed by atoms with Gasteiger partial charge in [-0.1, -0.05) is 100 Å². The smallest absolute Gasteiger partial charge is 0.262 e. The van der Waals surface area contributed by atoms with Gasteiger partial charge in [0, 0.05) is 41.9 Å². The molecule has 0 N–H and O–H groups in total. The van der Waals surface area contributed by atoms with Gasteiger partial charge in [0.25, 0.3) is 5.01 Å². The Bertz CT molecular complexity index is 1410. The van der Waals surface area contributed by atoms with E-state index in [-0.39, 0.29) is 5.41 Å². The Balaban J connectivity index is 1.57. The predicted octanol–water partition coefficient (Wildman–Crippen LogP) is 8.64. The maximum absolute atomic E-state index is 2.58. The molecular formula is C32H37N2S+. The second-order valence-electron chi connectivity index (χ2n) is 10.1. The summed E-state index contributed by atoms with van der Waals surface area (Å²) in [5.41, 5.74) is 5.54. The molecule has 0 spiro atoms. The summed E-state index contributed by atoms with van der Waals surface area (Å²) in [6.07, 6.45) is 11.8. The molecule has 0 aliphatic carbocycles. The number of aryl methyl sites for hydroxylation is 1. The van der Waals surface area contributed by atoms with Crippen molar-refractivity contribution < 1.29 is 4.57 Å². The largest absolute Gasteiger partial charge is 0.344 e. The first-order valence-corrected chi connectivity index (χ1v) is 14.0. The summed E-state index contributed by atoms with van der Waals surface area (Å²) in [7, 11) is 0. The lowest BCUT2D eigenvalue weighted by Gasteiger charge is -2.27. The Kier molecular flexibility index (Phi) is 6.80. The molecule has 1 aromatic heterocycles. The van der Waals surface area contributed by atoms with Crippen LogP contribution in [-0.4, -0.2) is 6.54 Å². The highest BCUT2D eigenvalue weighted by Crippen LogP contribution is 2.50. The van der Waals surface area contributed by atoms with Crippen molar-refractivity contribution in [2.24, 2.45) is 0 Å². The summed E-state index contributed by atoms with van der Waals surface area (Å²) in [5, 5.41) is 4.04. The molecule has 0 saturated heterocycles. The zero-order valence-electron chi connectivity index (χ0n) is 21.6. The number of benzene rings is 3. The van der Waals surface area contributed by atoms with Crippen LogP contribution in [0.3, 0.4) is 0 Å². The third-order valence-corrected chi connectivity index (χ3v) is 8.48. The van der Waals surface area contributed by atoms with Crippen LogP contribution in [0.15, 0.2) is 78.5 Å². The van der Waals surface area contributed by atoms with E-state index in [0.29, 0.717) is 0 Å². The number of aromatic nitrogens is 1. The lowest BCUT2D eigenvalue weighted by molar-refractivity contribution is -0.669. The molecule has 0 unspecified atom stereocenters. The van der Waals surface area contributed by atoms with Gasteiger partial charge in [-0.05, 0) is 41.0 Å². The monoisotopic (exact) mass is 481 g/mol. The number of rotatable bonds is 8. The summed E-state index contributed by atoms with van der Waals surface area (Å²) < 4.78 is 3.86. The number of fused-ring (bicyclic) bond motifs is 4. The second kappa shape index (κ2) is 9.99. The van der Waals surface area contributed by atoms with E-state index in [0.717, 1.165) is 13.1 Å². The van der Waals surface area contributed by atoms with Crippen LogP contribution in [0.25, 0.3) is 27.1 Å². The SMILES string of the molecule is CCCCN1C(=CC=Cc2sc3ccccc3[n+]2CCCC)C(C)(C)c2c1ccc1ccccc21. The Morgan fingerprint density at radius 2 is 1.69 bits per heavy atom. The van der Waals surface area contributed by atoms with Crippen molar-refractivity contribution in [3.8, 4) is 0 Å². The van der Waals surface area contributed by atoms with E-state index >= 15 is 0 Å². The molecule has 1 aliphatic heterocycles. The van der Waals surface area contributed by atoms with Gasteiger partial charge in [-0.3, -0.25) is 0 Å². The topological polar surface area (TPSA) is 7.12 Å². The summed E-state index contributed by atoms with van der Waals surface area (Å²) in [4.78, 5) is 2.58. The normalized spacial score (nSPS) is 16.2. The first kappa shape index (κ1) is 23.8. The van der Waals surface area contributed by atoms with E-state index in [2.05, 4.69) is 116 Å². The van der Waals surface area contributed by atoms with Gasteiger partial charge in [0.2, 0.25) is 5.52 Å². The number of allylic oxidation sites excluding steroid dienone is 3. The average molecular weight is 482 g/mol. The lowest BCUT2D eigenvalue weighted by Crippen LogP contribution is -2.34. The zero-order chi connectivity index (χ0) is 24.4. The van der Waals surface area contributed by atoms with Gasteiger partial charge < -0.3 is 4.90 Å². The van der Waals surface area contributed by atoms with Crippen molar-refractivity contribution in [3.63, 3.8) is 0 Å². The fraction of sp³-hybridized carbons (Fsp3) is 0.344. The third kappa shape index (κ3) is 4.31. The maximum atomic E-state index is 2.58. The van der Waals surface area contributed by atoms with Crippen LogP contribution in [0, 0.1) is 0 Å². The minimum Gasteiger partial charge on any atom is -0.344 e. The first-order chi connectivity index (χ1) is 17.1. The molecule has 0 bridgehead atoms. The van der Waals surface area contributed by atoms with Crippen LogP contribution in [-0.2, 0) is 12.0 Å². The van der Waals surface area contributed by atoms with E-state index in [1.54, 1.807) is 0 Å². The molecule has 0 amide bonds. The molecule has 1 aliphatic rings. The molecule has 0 fully saturated rings. The van der Waals surface area contributed by atoms with Gasteiger partial charge in [-0.25, -0.2) is 0 Å². The van der Waals surface area contributed by atoms with Crippen molar-refractivity contribution in [1.82, 2.24) is 0 Å². The van der Waals surface area contributed by atoms with E-state index in [1.807, 2.05) is 11.3 Å². The molecule has 3 aromatic carbocycles. The highest BCUT2D eigenvalue weighted by Gasteiger charge is 2.40. The number of para-hydroxylation sites is 1. The molecule has 3 heteroatoms. The minimum absolute atomic E-state index is 0.0490. The number of thiazole rings is 1. The Morgan fingerprint density at radius 3 is 2.51 bits per heavy atom. The van der Waals surface area contributed by atoms with Crippen LogP contribution in [0.1, 0.15) is 63.9 Å². The number of hydrogen-bond donors (Lipinski definition) is 0. The van der Waals surface area contributed by atoms with Gasteiger partial charge in [0.15, 0.2) is 6.54 Å². The molecule has 0 radical (unpaired) electrons. The Hall–Kier alpha value is -2.91. The summed E-state index contributed by atoms with van der Waals surface area (Å²) in [5.74, 6) is 0. The van der Waals surface area contributed by atoms with Crippen LogP contribution in [0.4, 0.5) is 5.69 Å². The van der Waals surface area contributed by atoms with Crippen LogP contribution in [0.5, 0.6) is 0 Å². The molecule has 5 rings (SSSR count). The molecular weight excluding hydrogens is 444 g/mol. The van der Waals surface area contributed by atoms with Crippen LogP contribution in [0.2, 0.25) is 0 Å². The molecule has 180 valence electrons. The van der Waals surface area contributed by atoms with Crippen LogP contribution >= 0.6 is 11.3 Å². The van der Waals surface area contributed by atoms with Crippen molar-refractivity contribution >= 4 is 44.1 Å². The maximum Gasteiger partial charge on any atom is 0.262 e. The van der Waals surface area contributed by atoms with E-state index < -0.39 is 0 Å². The number of nitrogens with zero attached hydrogens (tertiary/aromatic N) is 2. The summed E-state index contributed by atoms with van der Waals surface area (Å²) in [6.45, 7) is 11.5. The van der Waals surface area contributed by atoms with Crippen LogP contribution < -0.4 is 9.47 Å². The fourth-order valence-electron chi connectivity index (χ4n) is 5.54.